The number of carbonyl (C=O) groups excluding carboxylic acids is 1. The highest BCUT2D eigenvalue weighted by molar-refractivity contribution is 9.09. The molecular weight excluding hydrogens is 258 g/mol. The first-order chi connectivity index (χ1) is 7.24. The maximum atomic E-state index is 12.0. The van der Waals surface area contributed by atoms with Gasteiger partial charge in [0.1, 0.15) is 0 Å². The van der Waals surface area contributed by atoms with Crippen LogP contribution in [0, 0.1) is 5.92 Å². The lowest BCUT2D eigenvalue weighted by atomic mass is 10.1. The van der Waals surface area contributed by atoms with Crippen LogP contribution in [0.4, 0.5) is 0 Å². The highest BCUT2D eigenvalue weighted by atomic mass is 79.9. The van der Waals surface area contributed by atoms with Crippen molar-refractivity contribution in [1.29, 1.82) is 0 Å². The van der Waals surface area contributed by atoms with E-state index in [9.17, 15) is 4.79 Å². The van der Waals surface area contributed by atoms with Crippen molar-refractivity contribution in [3.63, 3.8) is 0 Å². The lowest BCUT2D eigenvalue weighted by molar-refractivity contribution is 0.0706. The monoisotopic (exact) mass is 271 g/mol. The molecule has 0 aromatic carbocycles. The Kier molecular flexibility index (Phi) is 3.14. The Hall–Kier alpha value is -0.770. The SMILES string of the molecule is CC1CCN(C(=O)c2ccco2)C1CBr. The van der Waals surface area contributed by atoms with Crippen LogP contribution in [-0.4, -0.2) is 28.7 Å². The number of amides is 1. The van der Waals surface area contributed by atoms with Crippen LogP contribution in [-0.2, 0) is 0 Å². The second kappa shape index (κ2) is 4.39. The van der Waals surface area contributed by atoms with Gasteiger partial charge in [-0.05, 0) is 24.5 Å². The Labute approximate surface area is 97.6 Å². The molecule has 1 aliphatic rings. The summed E-state index contributed by atoms with van der Waals surface area (Å²) in [5.74, 6) is 1.01. The molecule has 2 rings (SSSR count). The molecule has 2 atom stereocenters. The smallest absolute Gasteiger partial charge is 0.289 e. The number of hydrogen-bond donors (Lipinski definition) is 0. The Morgan fingerprint density at radius 3 is 3.13 bits per heavy atom. The largest absolute Gasteiger partial charge is 0.459 e. The quantitative estimate of drug-likeness (QED) is 0.775. The van der Waals surface area contributed by atoms with Crippen LogP contribution in [0.1, 0.15) is 23.9 Å². The molecule has 82 valence electrons. The van der Waals surface area contributed by atoms with E-state index >= 15 is 0 Å². The summed E-state index contributed by atoms with van der Waals surface area (Å²) in [5, 5.41) is 0.834. The van der Waals surface area contributed by atoms with Gasteiger partial charge in [0, 0.05) is 17.9 Å². The van der Waals surface area contributed by atoms with E-state index in [1.165, 1.54) is 6.26 Å². The summed E-state index contributed by atoms with van der Waals surface area (Å²) in [6.07, 6.45) is 2.61. The number of hydrogen-bond acceptors (Lipinski definition) is 2. The van der Waals surface area contributed by atoms with Gasteiger partial charge in [0.05, 0.1) is 6.26 Å². The van der Waals surface area contributed by atoms with Crippen molar-refractivity contribution in [3.8, 4) is 0 Å². The van der Waals surface area contributed by atoms with E-state index in [4.69, 9.17) is 4.42 Å². The van der Waals surface area contributed by atoms with Gasteiger partial charge in [0.2, 0.25) is 0 Å². The van der Waals surface area contributed by atoms with Gasteiger partial charge in [-0.15, -0.1) is 0 Å². The number of alkyl halides is 1. The van der Waals surface area contributed by atoms with Gasteiger partial charge in [-0.3, -0.25) is 4.79 Å². The Morgan fingerprint density at radius 2 is 2.53 bits per heavy atom. The number of rotatable bonds is 2. The summed E-state index contributed by atoms with van der Waals surface area (Å²) >= 11 is 3.46. The third-order valence-electron chi connectivity index (χ3n) is 3.03. The van der Waals surface area contributed by atoms with Gasteiger partial charge in [-0.25, -0.2) is 0 Å². The van der Waals surface area contributed by atoms with Crippen LogP contribution in [0.25, 0.3) is 0 Å². The first kappa shape index (κ1) is 10.7. The highest BCUT2D eigenvalue weighted by Gasteiger charge is 2.34. The predicted octanol–water partition coefficient (Wildman–Crippen LogP) is 2.53. The summed E-state index contributed by atoms with van der Waals surface area (Å²) < 4.78 is 5.13. The minimum absolute atomic E-state index is 0.00815. The molecule has 0 saturated carbocycles. The molecule has 1 saturated heterocycles. The lowest BCUT2D eigenvalue weighted by Crippen LogP contribution is -2.38. The summed E-state index contributed by atoms with van der Waals surface area (Å²) in [6, 6.07) is 3.76. The number of furan rings is 1. The highest BCUT2D eigenvalue weighted by Crippen LogP contribution is 2.26. The summed E-state index contributed by atoms with van der Waals surface area (Å²) in [7, 11) is 0. The lowest BCUT2D eigenvalue weighted by Gasteiger charge is -2.24. The zero-order valence-corrected chi connectivity index (χ0v) is 10.2. The first-order valence-corrected chi connectivity index (χ1v) is 6.26. The Balaban J connectivity index is 2.14. The van der Waals surface area contributed by atoms with E-state index in [-0.39, 0.29) is 5.91 Å². The molecule has 3 nitrogen and oxygen atoms in total. The van der Waals surface area contributed by atoms with Crippen LogP contribution in [0.5, 0.6) is 0 Å². The molecule has 1 aromatic rings. The van der Waals surface area contributed by atoms with Gasteiger partial charge >= 0.3 is 0 Å². The van der Waals surface area contributed by atoms with Crippen molar-refractivity contribution in [2.45, 2.75) is 19.4 Å². The second-order valence-corrected chi connectivity index (χ2v) is 4.61. The van der Waals surface area contributed by atoms with Crippen LogP contribution in [0.3, 0.4) is 0 Å². The maximum absolute atomic E-state index is 12.0. The molecule has 15 heavy (non-hydrogen) atoms. The first-order valence-electron chi connectivity index (χ1n) is 5.14. The summed E-state index contributed by atoms with van der Waals surface area (Å²) in [6.45, 7) is 3.01. The topological polar surface area (TPSA) is 33.5 Å². The van der Waals surface area contributed by atoms with Crippen molar-refractivity contribution < 1.29 is 9.21 Å². The number of halogens is 1. The molecule has 4 heteroatoms. The maximum Gasteiger partial charge on any atom is 0.289 e. The van der Waals surface area contributed by atoms with Crippen molar-refractivity contribution in [2.75, 3.05) is 11.9 Å². The molecule has 1 amide bonds. The van der Waals surface area contributed by atoms with Crippen LogP contribution >= 0.6 is 15.9 Å². The fourth-order valence-corrected chi connectivity index (χ4v) is 3.03. The molecule has 0 radical (unpaired) electrons. The Bertz CT molecular complexity index is 336. The molecule has 0 aliphatic carbocycles. The van der Waals surface area contributed by atoms with Crippen molar-refractivity contribution >= 4 is 21.8 Å². The summed E-state index contributed by atoms with van der Waals surface area (Å²) in [5.41, 5.74) is 0. The van der Waals surface area contributed by atoms with E-state index in [1.807, 2.05) is 4.90 Å². The normalized spacial score (nSPS) is 25.9. The molecule has 0 spiro atoms. The van der Waals surface area contributed by atoms with Crippen LogP contribution < -0.4 is 0 Å². The van der Waals surface area contributed by atoms with Crippen molar-refractivity contribution in [1.82, 2.24) is 4.90 Å². The number of carbonyl (C=O) groups is 1. The average molecular weight is 272 g/mol. The molecular formula is C11H14BrNO2. The van der Waals surface area contributed by atoms with E-state index < -0.39 is 0 Å². The standard InChI is InChI=1S/C11H14BrNO2/c1-8-4-5-13(9(8)7-12)11(14)10-3-2-6-15-10/h2-3,6,8-9H,4-5,7H2,1H3. The molecule has 1 aliphatic heterocycles. The van der Waals surface area contributed by atoms with Gasteiger partial charge < -0.3 is 9.32 Å². The molecule has 2 unspecified atom stereocenters. The van der Waals surface area contributed by atoms with Gasteiger partial charge in [-0.1, -0.05) is 22.9 Å². The fourth-order valence-electron chi connectivity index (χ4n) is 2.04. The fraction of sp³-hybridized carbons (Fsp3) is 0.545. The van der Waals surface area contributed by atoms with Crippen molar-refractivity contribution in [2.24, 2.45) is 5.92 Å². The van der Waals surface area contributed by atoms with Crippen molar-refractivity contribution in [3.05, 3.63) is 24.2 Å². The molecule has 1 fully saturated rings. The van der Waals surface area contributed by atoms with Crippen LogP contribution in [0.15, 0.2) is 22.8 Å². The number of likely N-dealkylation sites (tertiary alicyclic amines) is 1. The van der Waals surface area contributed by atoms with Crippen LogP contribution in [0.2, 0.25) is 0 Å². The third kappa shape index (κ3) is 1.95. The predicted molar refractivity (Wildman–Crippen MR) is 61.1 cm³/mol. The van der Waals surface area contributed by atoms with Gasteiger partial charge in [-0.2, -0.15) is 0 Å². The molecule has 1 aromatic heterocycles. The van der Waals surface area contributed by atoms with E-state index in [0.717, 1.165) is 18.3 Å². The Morgan fingerprint density at radius 1 is 1.73 bits per heavy atom. The minimum atomic E-state index is 0.00815. The van der Waals surface area contributed by atoms with E-state index in [1.54, 1.807) is 12.1 Å². The number of nitrogens with zero attached hydrogens (tertiary/aromatic N) is 1. The zero-order chi connectivity index (χ0) is 10.8. The van der Waals surface area contributed by atoms with Gasteiger partial charge in [0.15, 0.2) is 5.76 Å². The van der Waals surface area contributed by atoms with E-state index in [2.05, 4.69) is 22.9 Å². The minimum Gasteiger partial charge on any atom is -0.459 e. The third-order valence-corrected chi connectivity index (χ3v) is 3.70. The summed E-state index contributed by atoms with van der Waals surface area (Å²) in [4.78, 5) is 13.9. The molecule has 0 N–H and O–H groups in total. The van der Waals surface area contributed by atoms with E-state index in [0.29, 0.717) is 17.7 Å². The molecule has 0 bridgehead atoms. The average Bonchev–Trinajstić information content (AvgIpc) is 2.85. The zero-order valence-electron chi connectivity index (χ0n) is 8.65. The molecule has 2 heterocycles. The second-order valence-electron chi connectivity index (χ2n) is 3.96. The van der Waals surface area contributed by atoms with Gasteiger partial charge in [0.25, 0.3) is 5.91 Å².